The first kappa shape index (κ1) is 10.7. The molecule has 0 aliphatic heterocycles. The smallest absolute Gasteiger partial charge is 0.124 e. The van der Waals surface area contributed by atoms with Crippen LogP contribution < -0.4 is 0 Å². The molecule has 0 heterocycles. The average Bonchev–Trinajstić information content (AvgIpc) is 2.22. The van der Waals surface area contributed by atoms with Crippen LogP contribution in [-0.2, 0) is 0 Å². The van der Waals surface area contributed by atoms with Gasteiger partial charge in [0.1, 0.15) is 5.75 Å². The fraction of sp³-hybridized carbons (Fsp3) is 0.364. The van der Waals surface area contributed by atoms with Crippen LogP contribution in [0.2, 0.25) is 0 Å². The molecule has 0 aromatic heterocycles. The van der Waals surface area contributed by atoms with E-state index in [1.807, 2.05) is 13.0 Å². The molecular formula is C11H15NO2. The third kappa shape index (κ3) is 2.85. The SMILES string of the molecule is CC[C@H](CO)N=Cc1ccccc1O. The fourth-order valence-corrected chi connectivity index (χ4v) is 1.06. The number of nitrogens with zero attached hydrogens (tertiary/aromatic N) is 1. The molecule has 1 rings (SSSR count). The Bertz CT molecular complexity index is 306. The molecule has 0 unspecified atom stereocenters. The van der Waals surface area contributed by atoms with E-state index in [0.29, 0.717) is 5.56 Å². The second-order valence-corrected chi connectivity index (χ2v) is 3.08. The highest BCUT2D eigenvalue weighted by Crippen LogP contribution is 2.13. The number of aliphatic hydroxyl groups is 1. The molecule has 0 amide bonds. The summed E-state index contributed by atoms with van der Waals surface area (Å²) in [4.78, 5) is 4.16. The maximum absolute atomic E-state index is 9.42. The summed E-state index contributed by atoms with van der Waals surface area (Å²) in [6.45, 7) is 2.00. The van der Waals surface area contributed by atoms with Gasteiger partial charge in [-0.05, 0) is 18.6 Å². The van der Waals surface area contributed by atoms with Crippen LogP contribution in [0.15, 0.2) is 29.3 Å². The molecule has 14 heavy (non-hydrogen) atoms. The van der Waals surface area contributed by atoms with Gasteiger partial charge in [0, 0.05) is 11.8 Å². The van der Waals surface area contributed by atoms with E-state index in [9.17, 15) is 5.11 Å². The Hall–Kier alpha value is -1.35. The summed E-state index contributed by atoms with van der Waals surface area (Å²) >= 11 is 0. The number of phenols is 1. The highest BCUT2D eigenvalue weighted by Gasteiger charge is 2.00. The number of hydrogen-bond acceptors (Lipinski definition) is 3. The molecule has 0 saturated carbocycles. The minimum Gasteiger partial charge on any atom is -0.507 e. The van der Waals surface area contributed by atoms with Crippen LogP contribution in [0.4, 0.5) is 0 Å². The van der Waals surface area contributed by atoms with Gasteiger partial charge in [0.05, 0.1) is 12.6 Å². The number of aliphatic hydroxyl groups excluding tert-OH is 1. The Morgan fingerprint density at radius 1 is 1.43 bits per heavy atom. The second kappa shape index (κ2) is 5.40. The zero-order valence-electron chi connectivity index (χ0n) is 8.22. The Balaban J connectivity index is 2.72. The van der Waals surface area contributed by atoms with Crippen molar-refractivity contribution in [3.63, 3.8) is 0 Å². The van der Waals surface area contributed by atoms with E-state index in [2.05, 4.69) is 4.99 Å². The lowest BCUT2D eigenvalue weighted by Gasteiger charge is -2.04. The van der Waals surface area contributed by atoms with Crippen LogP contribution in [0.5, 0.6) is 5.75 Å². The Morgan fingerprint density at radius 3 is 2.71 bits per heavy atom. The van der Waals surface area contributed by atoms with Crippen molar-refractivity contribution in [2.75, 3.05) is 6.61 Å². The molecule has 1 atom stereocenters. The van der Waals surface area contributed by atoms with Crippen molar-refractivity contribution < 1.29 is 10.2 Å². The molecule has 0 fully saturated rings. The predicted octanol–water partition coefficient (Wildman–Crippen LogP) is 1.58. The molecule has 0 radical (unpaired) electrons. The molecule has 0 aliphatic rings. The molecule has 1 aromatic carbocycles. The van der Waals surface area contributed by atoms with Crippen molar-refractivity contribution in [3.05, 3.63) is 29.8 Å². The molecule has 2 N–H and O–H groups in total. The summed E-state index contributed by atoms with van der Waals surface area (Å²) in [6, 6.07) is 6.91. The Kier molecular flexibility index (Phi) is 4.13. The van der Waals surface area contributed by atoms with Crippen LogP contribution in [0.25, 0.3) is 0 Å². The van der Waals surface area contributed by atoms with E-state index >= 15 is 0 Å². The van der Waals surface area contributed by atoms with Crippen LogP contribution in [0.3, 0.4) is 0 Å². The highest BCUT2D eigenvalue weighted by atomic mass is 16.3. The molecule has 0 saturated heterocycles. The fourth-order valence-electron chi connectivity index (χ4n) is 1.06. The van der Waals surface area contributed by atoms with Crippen molar-refractivity contribution in [1.29, 1.82) is 0 Å². The molecule has 3 heteroatoms. The normalized spacial score (nSPS) is 13.3. The molecule has 0 aliphatic carbocycles. The van der Waals surface area contributed by atoms with Crippen molar-refractivity contribution >= 4 is 6.21 Å². The minimum absolute atomic E-state index is 0.0423. The number of rotatable bonds is 4. The third-order valence-electron chi connectivity index (χ3n) is 2.04. The number of aromatic hydroxyl groups is 1. The van der Waals surface area contributed by atoms with E-state index in [1.165, 1.54) is 0 Å². The van der Waals surface area contributed by atoms with Gasteiger partial charge >= 0.3 is 0 Å². The van der Waals surface area contributed by atoms with Crippen LogP contribution in [0.1, 0.15) is 18.9 Å². The zero-order valence-corrected chi connectivity index (χ0v) is 8.22. The maximum Gasteiger partial charge on any atom is 0.124 e. The Morgan fingerprint density at radius 2 is 2.14 bits per heavy atom. The number of benzene rings is 1. The number of hydrogen-bond donors (Lipinski definition) is 2. The standard InChI is InChI=1S/C11H15NO2/c1-2-10(8-13)12-7-9-5-3-4-6-11(9)14/h3-7,10,13-14H,2,8H2,1H3/t10-/m1/s1. The summed E-state index contributed by atoms with van der Waals surface area (Å²) in [5, 5.41) is 18.3. The van der Waals surface area contributed by atoms with E-state index in [0.717, 1.165) is 6.42 Å². The molecule has 0 bridgehead atoms. The van der Waals surface area contributed by atoms with Gasteiger partial charge in [-0.15, -0.1) is 0 Å². The predicted molar refractivity (Wildman–Crippen MR) is 56.9 cm³/mol. The summed E-state index contributed by atoms with van der Waals surface area (Å²) in [6.07, 6.45) is 2.39. The first-order valence-electron chi connectivity index (χ1n) is 4.70. The average molecular weight is 193 g/mol. The van der Waals surface area contributed by atoms with Gasteiger partial charge in [-0.1, -0.05) is 19.1 Å². The lowest BCUT2D eigenvalue weighted by Crippen LogP contribution is -2.08. The number of para-hydroxylation sites is 1. The van der Waals surface area contributed by atoms with Crippen molar-refractivity contribution in [2.24, 2.45) is 4.99 Å². The lowest BCUT2D eigenvalue weighted by molar-refractivity contribution is 0.264. The van der Waals surface area contributed by atoms with Crippen LogP contribution >= 0.6 is 0 Å². The third-order valence-corrected chi connectivity index (χ3v) is 2.04. The Labute approximate surface area is 83.7 Å². The van der Waals surface area contributed by atoms with Crippen molar-refractivity contribution in [1.82, 2.24) is 0 Å². The van der Waals surface area contributed by atoms with Gasteiger partial charge in [0.25, 0.3) is 0 Å². The van der Waals surface area contributed by atoms with E-state index in [1.54, 1.807) is 24.4 Å². The van der Waals surface area contributed by atoms with Crippen molar-refractivity contribution in [2.45, 2.75) is 19.4 Å². The number of aliphatic imine (C=N–C) groups is 1. The molecule has 1 aromatic rings. The van der Waals surface area contributed by atoms with E-state index < -0.39 is 0 Å². The minimum atomic E-state index is -0.0744. The molecule has 3 nitrogen and oxygen atoms in total. The lowest BCUT2D eigenvalue weighted by atomic mass is 10.2. The van der Waals surface area contributed by atoms with Gasteiger partial charge < -0.3 is 10.2 Å². The molecular weight excluding hydrogens is 178 g/mol. The maximum atomic E-state index is 9.42. The summed E-state index contributed by atoms with van der Waals surface area (Å²) in [5.74, 6) is 0.212. The first-order valence-corrected chi connectivity index (χ1v) is 4.70. The topological polar surface area (TPSA) is 52.8 Å². The van der Waals surface area contributed by atoms with Gasteiger partial charge in [0.15, 0.2) is 0 Å². The van der Waals surface area contributed by atoms with E-state index in [4.69, 9.17) is 5.11 Å². The van der Waals surface area contributed by atoms with Gasteiger partial charge in [-0.2, -0.15) is 0 Å². The summed E-state index contributed by atoms with van der Waals surface area (Å²) in [7, 11) is 0. The largest absolute Gasteiger partial charge is 0.507 e. The summed E-state index contributed by atoms with van der Waals surface area (Å²) in [5.41, 5.74) is 0.680. The van der Waals surface area contributed by atoms with Gasteiger partial charge in [-0.25, -0.2) is 0 Å². The highest BCUT2D eigenvalue weighted by molar-refractivity contribution is 5.83. The van der Waals surface area contributed by atoms with Crippen LogP contribution in [-0.4, -0.2) is 29.1 Å². The number of phenolic OH excluding ortho intramolecular Hbond substituents is 1. The van der Waals surface area contributed by atoms with Gasteiger partial charge in [-0.3, -0.25) is 4.99 Å². The first-order chi connectivity index (χ1) is 6.77. The molecule has 0 spiro atoms. The zero-order chi connectivity index (χ0) is 10.4. The van der Waals surface area contributed by atoms with Crippen LogP contribution in [0, 0.1) is 0 Å². The van der Waals surface area contributed by atoms with E-state index in [-0.39, 0.29) is 18.4 Å². The quantitative estimate of drug-likeness (QED) is 0.713. The second-order valence-electron chi connectivity index (χ2n) is 3.08. The molecule has 76 valence electrons. The monoisotopic (exact) mass is 193 g/mol. The van der Waals surface area contributed by atoms with Crippen molar-refractivity contribution in [3.8, 4) is 5.75 Å². The van der Waals surface area contributed by atoms with Gasteiger partial charge in [0.2, 0.25) is 0 Å². The summed E-state index contributed by atoms with van der Waals surface area (Å²) < 4.78 is 0.